The third-order valence-electron chi connectivity index (χ3n) is 4.49. The molecule has 13 heteroatoms. The van der Waals surface area contributed by atoms with Gasteiger partial charge in [0.1, 0.15) is 5.82 Å². The summed E-state index contributed by atoms with van der Waals surface area (Å²) in [6, 6.07) is 4.73. The van der Waals surface area contributed by atoms with Gasteiger partial charge in [-0.05, 0) is 30.7 Å². The van der Waals surface area contributed by atoms with Crippen molar-refractivity contribution < 1.29 is 40.7 Å². The van der Waals surface area contributed by atoms with Crippen molar-refractivity contribution >= 4 is 21.9 Å². The Labute approximate surface area is 184 Å². The number of hydrogen-bond acceptors (Lipinski definition) is 5. The largest absolute Gasteiger partial charge is 0.490 e. The Morgan fingerprint density at radius 2 is 1.66 bits per heavy atom. The molecule has 1 aliphatic heterocycles. The number of sulfonamides is 1. The van der Waals surface area contributed by atoms with Crippen LogP contribution in [0.25, 0.3) is 0 Å². The van der Waals surface area contributed by atoms with Gasteiger partial charge >= 0.3 is 12.1 Å². The van der Waals surface area contributed by atoms with Crippen molar-refractivity contribution in [2.75, 3.05) is 39.3 Å². The van der Waals surface area contributed by atoms with E-state index in [9.17, 15) is 30.8 Å². The predicted octanol–water partition coefficient (Wildman–Crippen LogP) is 2.07. The molecule has 2 rings (SSSR count). The summed E-state index contributed by atoms with van der Waals surface area (Å²) in [5.74, 6) is -3.44. The number of nitrogens with zero attached hydrogens (tertiary/aromatic N) is 2. The van der Waals surface area contributed by atoms with Gasteiger partial charge in [0, 0.05) is 32.7 Å². The SMILES string of the molecule is CCCCCN(CC(=O)N1CCNCC1)S(=O)(=O)c1ccc(F)cc1.O=C(O)C(F)(F)F. The molecule has 0 saturated carbocycles. The third kappa shape index (κ3) is 9.09. The lowest BCUT2D eigenvalue weighted by molar-refractivity contribution is -0.192. The first-order valence-corrected chi connectivity index (χ1v) is 11.4. The molecule has 0 spiro atoms. The Balaban J connectivity index is 0.000000633. The van der Waals surface area contributed by atoms with E-state index in [-0.39, 0.29) is 23.9 Å². The van der Waals surface area contributed by atoms with Gasteiger partial charge in [-0.1, -0.05) is 19.8 Å². The first kappa shape index (κ1) is 27.8. The Kier molecular flexibility index (Phi) is 11.0. The van der Waals surface area contributed by atoms with Gasteiger partial charge in [0.2, 0.25) is 15.9 Å². The molecule has 0 aromatic heterocycles. The second-order valence-corrected chi connectivity index (χ2v) is 8.87. The van der Waals surface area contributed by atoms with Crippen molar-refractivity contribution in [3.8, 4) is 0 Å². The lowest BCUT2D eigenvalue weighted by atomic mass is 10.2. The number of unbranched alkanes of at least 4 members (excludes halogenated alkanes) is 2. The van der Waals surface area contributed by atoms with Crippen LogP contribution in [-0.4, -0.2) is 80.1 Å². The molecule has 0 aliphatic carbocycles. The quantitative estimate of drug-likeness (QED) is 0.431. The van der Waals surface area contributed by atoms with E-state index in [1.54, 1.807) is 4.90 Å². The van der Waals surface area contributed by atoms with Gasteiger partial charge in [-0.3, -0.25) is 4.79 Å². The van der Waals surface area contributed by atoms with Gasteiger partial charge in [-0.2, -0.15) is 17.5 Å². The molecule has 32 heavy (non-hydrogen) atoms. The van der Waals surface area contributed by atoms with E-state index in [1.165, 1.54) is 16.4 Å². The molecule has 2 N–H and O–H groups in total. The molecule has 0 unspecified atom stereocenters. The zero-order chi connectivity index (χ0) is 24.4. The summed E-state index contributed by atoms with van der Waals surface area (Å²) in [4.78, 5) is 23.1. The number of aliphatic carboxylic acids is 1. The summed E-state index contributed by atoms with van der Waals surface area (Å²) < 4.78 is 71.8. The van der Waals surface area contributed by atoms with Crippen LogP contribution in [0.2, 0.25) is 0 Å². The van der Waals surface area contributed by atoms with Crippen LogP contribution in [0.15, 0.2) is 29.2 Å². The minimum absolute atomic E-state index is 0.0125. The predicted molar refractivity (Wildman–Crippen MR) is 108 cm³/mol. The van der Waals surface area contributed by atoms with Gasteiger partial charge in [-0.25, -0.2) is 17.6 Å². The first-order chi connectivity index (χ1) is 14.9. The third-order valence-corrected chi connectivity index (χ3v) is 6.35. The molecule has 8 nitrogen and oxygen atoms in total. The van der Waals surface area contributed by atoms with Crippen molar-refractivity contribution in [1.29, 1.82) is 0 Å². The molecule has 182 valence electrons. The Morgan fingerprint density at radius 1 is 1.12 bits per heavy atom. The van der Waals surface area contributed by atoms with Gasteiger partial charge < -0.3 is 15.3 Å². The molecule has 1 aromatic carbocycles. The van der Waals surface area contributed by atoms with Gasteiger partial charge in [-0.15, -0.1) is 0 Å². The average Bonchev–Trinajstić information content (AvgIpc) is 2.73. The van der Waals surface area contributed by atoms with E-state index in [4.69, 9.17) is 9.90 Å². The fourth-order valence-electron chi connectivity index (χ4n) is 2.74. The second kappa shape index (κ2) is 12.7. The maximum atomic E-state index is 13.1. The zero-order valence-corrected chi connectivity index (χ0v) is 18.4. The minimum atomic E-state index is -5.08. The maximum absolute atomic E-state index is 13.1. The molecule has 1 amide bonds. The van der Waals surface area contributed by atoms with E-state index in [0.717, 1.165) is 25.0 Å². The number of piperazine rings is 1. The molecule has 0 radical (unpaired) electrons. The molecule has 1 fully saturated rings. The van der Waals surface area contributed by atoms with E-state index in [2.05, 4.69) is 5.32 Å². The molecule has 1 aromatic rings. The highest BCUT2D eigenvalue weighted by molar-refractivity contribution is 7.89. The Bertz CT molecular complexity index is 842. The molecule has 1 heterocycles. The number of carbonyl (C=O) groups is 2. The lowest BCUT2D eigenvalue weighted by Crippen LogP contribution is -2.50. The smallest absolute Gasteiger partial charge is 0.475 e. The number of halogens is 4. The van der Waals surface area contributed by atoms with Crippen LogP contribution >= 0.6 is 0 Å². The van der Waals surface area contributed by atoms with Crippen molar-refractivity contribution in [3.63, 3.8) is 0 Å². The van der Waals surface area contributed by atoms with Crippen LogP contribution in [0.4, 0.5) is 17.6 Å². The number of carboxylic acids is 1. The Morgan fingerprint density at radius 3 is 2.12 bits per heavy atom. The number of benzene rings is 1. The lowest BCUT2D eigenvalue weighted by Gasteiger charge is -2.30. The zero-order valence-electron chi connectivity index (χ0n) is 17.6. The number of carbonyl (C=O) groups excluding carboxylic acids is 1. The number of amides is 1. The fourth-order valence-corrected chi connectivity index (χ4v) is 4.17. The standard InChI is InChI=1S/C17H26FN3O3S.C2HF3O2/c1-2-3-4-11-21(14-17(22)20-12-9-19-10-13-20)25(23,24)16-7-5-15(18)6-8-16;3-2(4,5)1(6)7/h5-8,19H,2-4,9-14H2,1H3;(H,6,7). The van der Waals surface area contributed by atoms with Crippen molar-refractivity contribution in [1.82, 2.24) is 14.5 Å². The van der Waals surface area contributed by atoms with Crippen molar-refractivity contribution in [2.24, 2.45) is 0 Å². The summed E-state index contributed by atoms with van der Waals surface area (Å²) in [5, 5.41) is 10.3. The van der Waals surface area contributed by atoms with E-state index in [0.29, 0.717) is 32.6 Å². The van der Waals surface area contributed by atoms with Gasteiger partial charge in [0.15, 0.2) is 0 Å². The molecule has 1 saturated heterocycles. The fraction of sp³-hybridized carbons (Fsp3) is 0.579. The highest BCUT2D eigenvalue weighted by atomic mass is 32.2. The van der Waals surface area contributed by atoms with Crippen LogP contribution in [0, 0.1) is 5.82 Å². The minimum Gasteiger partial charge on any atom is -0.475 e. The average molecular weight is 486 g/mol. The first-order valence-electron chi connectivity index (χ1n) is 9.94. The normalized spacial score (nSPS) is 14.6. The van der Waals surface area contributed by atoms with E-state index < -0.39 is 28.0 Å². The molecular formula is C19H27F4N3O5S. The molecular weight excluding hydrogens is 458 g/mol. The number of nitrogens with one attached hydrogen (secondary N) is 1. The topological polar surface area (TPSA) is 107 Å². The summed E-state index contributed by atoms with van der Waals surface area (Å²) >= 11 is 0. The highest BCUT2D eigenvalue weighted by Gasteiger charge is 2.38. The van der Waals surface area contributed by atoms with Crippen LogP contribution < -0.4 is 5.32 Å². The number of carboxylic acid groups (broad SMARTS) is 1. The molecule has 1 aliphatic rings. The maximum Gasteiger partial charge on any atom is 0.490 e. The monoisotopic (exact) mass is 485 g/mol. The van der Waals surface area contributed by atoms with Gasteiger partial charge in [0.05, 0.1) is 11.4 Å². The van der Waals surface area contributed by atoms with E-state index in [1.807, 2.05) is 6.92 Å². The number of alkyl halides is 3. The number of hydrogen-bond donors (Lipinski definition) is 2. The molecule has 0 bridgehead atoms. The summed E-state index contributed by atoms with van der Waals surface area (Å²) in [7, 11) is -3.83. The van der Waals surface area contributed by atoms with Crippen molar-refractivity contribution in [3.05, 3.63) is 30.1 Å². The highest BCUT2D eigenvalue weighted by Crippen LogP contribution is 2.18. The summed E-state index contributed by atoms with van der Waals surface area (Å²) in [5.41, 5.74) is 0. The Hall–Kier alpha value is -2.25. The second-order valence-electron chi connectivity index (χ2n) is 6.93. The van der Waals surface area contributed by atoms with E-state index >= 15 is 0 Å². The van der Waals surface area contributed by atoms with Crippen LogP contribution in [-0.2, 0) is 19.6 Å². The van der Waals surface area contributed by atoms with Crippen LogP contribution in [0.3, 0.4) is 0 Å². The molecule has 0 atom stereocenters. The van der Waals surface area contributed by atoms with Gasteiger partial charge in [0.25, 0.3) is 0 Å². The van der Waals surface area contributed by atoms with Crippen LogP contribution in [0.1, 0.15) is 26.2 Å². The van der Waals surface area contributed by atoms with Crippen molar-refractivity contribution in [2.45, 2.75) is 37.3 Å². The van der Waals surface area contributed by atoms with Crippen LogP contribution in [0.5, 0.6) is 0 Å². The summed E-state index contributed by atoms with van der Waals surface area (Å²) in [6.07, 6.45) is -2.56. The summed E-state index contributed by atoms with van der Waals surface area (Å²) in [6.45, 7) is 4.73. The number of rotatable bonds is 8.